The number of fused-ring (bicyclic) bond motifs is 1. The Morgan fingerprint density at radius 1 is 1.14 bits per heavy atom. The van der Waals surface area contributed by atoms with E-state index in [0.29, 0.717) is 5.92 Å². The maximum Gasteiger partial charge on any atom is 0.126 e. The van der Waals surface area contributed by atoms with E-state index in [1.54, 1.807) is 7.11 Å². The van der Waals surface area contributed by atoms with E-state index in [0.717, 1.165) is 30.7 Å². The average Bonchev–Trinajstić information content (AvgIpc) is 3.25. The van der Waals surface area contributed by atoms with Gasteiger partial charge in [-0.3, -0.25) is 0 Å². The third-order valence-electron chi connectivity index (χ3n) is 4.42. The van der Waals surface area contributed by atoms with Gasteiger partial charge < -0.3 is 10.1 Å². The van der Waals surface area contributed by atoms with E-state index in [9.17, 15) is 0 Å². The highest BCUT2D eigenvalue weighted by molar-refractivity contribution is 5.91. The third-order valence-corrected chi connectivity index (χ3v) is 4.42. The highest BCUT2D eigenvalue weighted by atomic mass is 16.5. The molecule has 2 aromatic carbocycles. The topological polar surface area (TPSA) is 21.3 Å². The summed E-state index contributed by atoms with van der Waals surface area (Å²) in [5.74, 6) is 3.20. The smallest absolute Gasteiger partial charge is 0.126 e. The minimum Gasteiger partial charge on any atom is -0.496 e. The van der Waals surface area contributed by atoms with Crippen LogP contribution >= 0.6 is 0 Å². The summed E-state index contributed by atoms with van der Waals surface area (Å²) in [6, 6.07) is 13.0. The lowest BCUT2D eigenvalue weighted by Crippen LogP contribution is -2.22. The molecule has 0 bridgehead atoms. The minimum absolute atomic E-state index is 0.709. The number of rotatable bonds is 6. The molecule has 0 saturated heterocycles. The van der Waals surface area contributed by atoms with E-state index in [1.807, 2.05) is 0 Å². The first kappa shape index (κ1) is 14.4. The van der Waals surface area contributed by atoms with Crippen molar-refractivity contribution in [3.63, 3.8) is 0 Å². The summed E-state index contributed by atoms with van der Waals surface area (Å²) in [6.07, 6.45) is 1.31. The van der Waals surface area contributed by atoms with Gasteiger partial charge in [-0.05, 0) is 54.3 Å². The summed E-state index contributed by atoms with van der Waals surface area (Å²) in [5.41, 5.74) is 1.49. The fourth-order valence-electron chi connectivity index (χ4n) is 3.21. The molecule has 2 nitrogen and oxygen atoms in total. The van der Waals surface area contributed by atoms with Gasteiger partial charge in [0, 0.05) is 5.39 Å². The van der Waals surface area contributed by atoms with Gasteiger partial charge in [-0.15, -0.1) is 0 Å². The molecule has 2 unspecified atom stereocenters. The van der Waals surface area contributed by atoms with Crippen LogP contribution in [0.4, 0.5) is 0 Å². The van der Waals surface area contributed by atoms with Crippen LogP contribution in [0.25, 0.3) is 10.8 Å². The van der Waals surface area contributed by atoms with Crippen molar-refractivity contribution in [3.05, 3.63) is 42.0 Å². The fourth-order valence-corrected chi connectivity index (χ4v) is 3.21. The molecule has 2 aromatic rings. The predicted octanol–water partition coefficient (Wildman–Crippen LogP) is 4.20. The molecule has 0 radical (unpaired) electrons. The maximum atomic E-state index is 5.49. The standard InChI is InChI=1S/C19H25NO/c1-13(2)11-20-12-14-10-18(14)16-8-9-19(21-3)17-7-5-4-6-15(16)17/h4-9,13-14,18,20H,10-12H2,1-3H3. The van der Waals surface area contributed by atoms with Crippen LogP contribution in [0.2, 0.25) is 0 Å². The summed E-state index contributed by atoms with van der Waals surface area (Å²) in [6.45, 7) is 6.78. The van der Waals surface area contributed by atoms with Crippen molar-refractivity contribution in [1.82, 2.24) is 5.32 Å². The molecule has 0 aliphatic heterocycles. The molecule has 1 saturated carbocycles. The number of methoxy groups -OCH3 is 1. The van der Waals surface area contributed by atoms with Crippen LogP contribution in [-0.2, 0) is 0 Å². The molecule has 0 aromatic heterocycles. The summed E-state index contributed by atoms with van der Waals surface area (Å²) in [4.78, 5) is 0. The van der Waals surface area contributed by atoms with Crippen LogP contribution in [0, 0.1) is 11.8 Å². The molecule has 112 valence electrons. The number of hydrogen-bond acceptors (Lipinski definition) is 2. The molecule has 2 atom stereocenters. The third kappa shape index (κ3) is 3.06. The van der Waals surface area contributed by atoms with Crippen molar-refractivity contribution in [1.29, 1.82) is 0 Å². The van der Waals surface area contributed by atoms with E-state index in [2.05, 4.69) is 55.6 Å². The second-order valence-corrected chi connectivity index (χ2v) is 6.56. The molecule has 1 N–H and O–H groups in total. The van der Waals surface area contributed by atoms with E-state index in [-0.39, 0.29) is 0 Å². The zero-order valence-electron chi connectivity index (χ0n) is 13.2. The minimum atomic E-state index is 0.709. The second kappa shape index (κ2) is 6.07. The molecule has 1 aliphatic carbocycles. The first-order valence-corrected chi connectivity index (χ1v) is 7.97. The molecule has 0 spiro atoms. The zero-order chi connectivity index (χ0) is 14.8. The summed E-state index contributed by atoms with van der Waals surface area (Å²) in [7, 11) is 1.75. The first-order chi connectivity index (χ1) is 10.2. The Morgan fingerprint density at radius 3 is 2.62 bits per heavy atom. The molecular formula is C19H25NO. The Balaban J connectivity index is 1.77. The highest BCUT2D eigenvalue weighted by Gasteiger charge is 2.38. The lowest BCUT2D eigenvalue weighted by molar-refractivity contribution is 0.419. The van der Waals surface area contributed by atoms with Gasteiger partial charge in [0.1, 0.15) is 5.75 Å². The van der Waals surface area contributed by atoms with E-state index < -0.39 is 0 Å². The molecule has 2 heteroatoms. The average molecular weight is 283 g/mol. The maximum absolute atomic E-state index is 5.49. The van der Waals surface area contributed by atoms with Crippen molar-refractivity contribution in [3.8, 4) is 5.75 Å². The number of nitrogens with one attached hydrogen (secondary N) is 1. The largest absolute Gasteiger partial charge is 0.496 e. The van der Waals surface area contributed by atoms with Gasteiger partial charge in [0.15, 0.2) is 0 Å². The quantitative estimate of drug-likeness (QED) is 0.858. The highest BCUT2D eigenvalue weighted by Crippen LogP contribution is 2.49. The first-order valence-electron chi connectivity index (χ1n) is 7.97. The van der Waals surface area contributed by atoms with Crippen LogP contribution < -0.4 is 10.1 Å². The van der Waals surface area contributed by atoms with Crippen molar-refractivity contribution in [2.75, 3.05) is 20.2 Å². The van der Waals surface area contributed by atoms with Crippen molar-refractivity contribution in [2.24, 2.45) is 11.8 Å². The fraction of sp³-hybridized carbons (Fsp3) is 0.474. The molecule has 3 rings (SSSR count). The SMILES string of the molecule is COc1ccc(C2CC2CNCC(C)C)c2ccccc12. The van der Waals surface area contributed by atoms with Gasteiger partial charge in [-0.2, -0.15) is 0 Å². The van der Waals surface area contributed by atoms with Crippen molar-refractivity contribution in [2.45, 2.75) is 26.2 Å². The van der Waals surface area contributed by atoms with Crippen LogP contribution in [0.5, 0.6) is 5.75 Å². The normalized spacial score (nSPS) is 21.0. The van der Waals surface area contributed by atoms with Gasteiger partial charge in [-0.1, -0.05) is 44.2 Å². The molecule has 0 amide bonds. The summed E-state index contributed by atoms with van der Waals surface area (Å²) < 4.78 is 5.49. The Bertz CT molecular complexity index is 620. The lowest BCUT2D eigenvalue weighted by atomic mass is 9.99. The summed E-state index contributed by atoms with van der Waals surface area (Å²) >= 11 is 0. The van der Waals surface area contributed by atoms with Gasteiger partial charge in [0.25, 0.3) is 0 Å². The van der Waals surface area contributed by atoms with Crippen LogP contribution in [0.15, 0.2) is 36.4 Å². The zero-order valence-corrected chi connectivity index (χ0v) is 13.2. The van der Waals surface area contributed by atoms with Crippen LogP contribution in [0.3, 0.4) is 0 Å². The van der Waals surface area contributed by atoms with Crippen molar-refractivity contribution < 1.29 is 4.74 Å². The van der Waals surface area contributed by atoms with Crippen LogP contribution in [0.1, 0.15) is 31.7 Å². The molecular weight excluding hydrogens is 258 g/mol. The van der Waals surface area contributed by atoms with Gasteiger partial charge in [-0.25, -0.2) is 0 Å². The second-order valence-electron chi connectivity index (χ2n) is 6.56. The molecule has 1 fully saturated rings. The Morgan fingerprint density at radius 2 is 1.90 bits per heavy atom. The van der Waals surface area contributed by atoms with E-state index in [4.69, 9.17) is 4.74 Å². The molecule has 1 aliphatic rings. The Kier molecular flexibility index (Phi) is 4.16. The van der Waals surface area contributed by atoms with E-state index in [1.165, 1.54) is 22.8 Å². The van der Waals surface area contributed by atoms with Crippen molar-refractivity contribution >= 4 is 10.8 Å². The number of hydrogen-bond donors (Lipinski definition) is 1. The number of benzene rings is 2. The Labute approximate surface area is 127 Å². The summed E-state index contributed by atoms with van der Waals surface area (Å²) in [5, 5.41) is 6.18. The lowest BCUT2D eigenvalue weighted by Gasteiger charge is -2.11. The van der Waals surface area contributed by atoms with E-state index >= 15 is 0 Å². The van der Waals surface area contributed by atoms with Gasteiger partial charge >= 0.3 is 0 Å². The van der Waals surface area contributed by atoms with Gasteiger partial charge in [0.05, 0.1) is 7.11 Å². The Hall–Kier alpha value is -1.54. The van der Waals surface area contributed by atoms with Gasteiger partial charge in [0.2, 0.25) is 0 Å². The molecule has 0 heterocycles. The van der Waals surface area contributed by atoms with Crippen LogP contribution in [-0.4, -0.2) is 20.2 Å². The molecule has 21 heavy (non-hydrogen) atoms. The monoisotopic (exact) mass is 283 g/mol. The number of ether oxygens (including phenoxy) is 1. The predicted molar refractivity (Wildman–Crippen MR) is 89.1 cm³/mol.